The van der Waals surface area contributed by atoms with Crippen molar-refractivity contribution in [3.8, 4) is 0 Å². The van der Waals surface area contributed by atoms with Crippen molar-refractivity contribution in [2.75, 3.05) is 0 Å². The standard InChI is InChI=1S/C20H43ClSi/c1-4-7-10-12-14-16-19-22(21,18-9-6-3)20-17-15-13-11-8-5-2/h4-20H2,1-3H3. The minimum absolute atomic E-state index is 1.31. The number of unbranched alkanes of at least 4 members (excludes halogenated alkanes) is 11. The van der Waals surface area contributed by atoms with E-state index in [2.05, 4.69) is 20.8 Å². The van der Waals surface area contributed by atoms with Crippen molar-refractivity contribution in [1.82, 2.24) is 0 Å². The van der Waals surface area contributed by atoms with Crippen molar-refractivity contribution in [3.05, 3.63) is 0 Å². The first-order valence-corrected chi connectivity index (χ1v) is 14.0. The molecule has 0 amide bonds. The van der Waals surface area contributed by atoms with Crippen LogP contribution in [-0.4, -0.2) is 7.38 Å². The van der Waals surface area contributed by atoms with Gasteiger partial charge in [0, 0.05) is 0 Å². The van der Waals surface area contributed by atoms with Gasteiger partial charge in [-0.25, -0.2) is 0 Å². The lowest BCUT2D eigenvalue weighted by molar-refractivity contribution is 0.615. The molecule has 0 spiro atoms. The molecular formula is C20H43ClSi. The van der Waals surface area contributed by atoms with Crippen LogP contribution in [0.3, 0.4) is 0 Å². The lowest BCUT2D eigenvalue weighted by Gasteiger charge is -2.24. The Kier molecular flexibility index (Phi) is 16.7. The largest absolute Gasteiger partial charge is 0.167 e. The molecule has 22 heavy (non-hydrogen) atoms. The highest BCUT2D eigenvalue weighted by atomic mass is 35.6. The fourth-order valence-corrected chi connectivity index (χ4v) is 8.02. The summed E-state index contributed by atoms with van der Waals surface area (Å²) in [5.41, 5.74) is 0. The Morgan fingerprint density at radius 3 is 1.18 bits per heavy atom. The Hall–Kier alpha value is 0.507. The predicted molar refractivity (Wildman–Crippen MR) is 108 cm³/mol. The summed E-state index contributed by atoms with van der Waals surface area (Å²) in [6.45, 7) is 6.89. The molecule has 0 aliphatic carbocycles. The molecule has 0 N–H and O–H groups in total. The van der Waals surface area contributed by atoms with E-state index in [9.17, 15) is 0 Å². The fourth-order valence-electron chi connectivity index (χ4n) is 3.31. The van der Waals surface area contributed by atoms with Crippen molar-refractivity contribution >= 4 is 18.5 Å². The molecule has 134 valence electrons. The van der Waals surface area contributed by atoms with Gasteiger partial charge in [0.2, 0.25) is 0 Å². The molecule has 0 heterocycles. The van der Waals surface area contributed by atoms with Crippen molar-refractivity contribution in [2.24, 2.45) is 0 Å². The summed E-state index contributed by atoms with van der Waals surface area (Å²) < 4.78 is 0. The molecule has 0 aromatic rings. The monoisotopic (exact) mass is 346 g/mol. The van der Waals surface area contributed by atoms with Gasteiger partial charge in [-0.3, -0.25) is 0 Å². The zero-order chi connectivity index (χ0) is 16.5. The minimum atomic E-state index is -1.44. The molecule has 0 aliphatic rings. The van der Waals surface area contributed by atoms with Gasteiger partial charge in [0.25, 0.3) is 0 Å². The van der Waals surface area contributed by atoms with E-state index >= 15 is 0 Å². The van der Waals surface area contributed by atoms with Gasteiger partial charge in [-0.1, -0.05) is 111 Å². The van der Waals surface area contributed by atoms with Crippen LogP contribution in [0.25, 0.3) is 0 Å². The lowest BCUT2D eigenvalue weighted by Crippen LogP contribution is -2.26. The van der Waals surface area contributed by atoms with Gasteiger partial charge in [0.1, 0.15) is 0 Å². The van der Waals surface area contributed by atoms with Gasteiger partial charge in [-0.2, -0.15) is 11.1 Å². The van der Waals surface area contributed by atoms with Crippen LogP contribution < -0.4 is 0 Å². The average Bonchev–Trinajstić information content (AvgIpc) is 2.52. The summed E-state index contributed by atoms with van der Waals surface area (Å²) in [5.74, 6) is 0. The van der Waals surface area contributed by atoms with Crippen molar-refractivity contribution in [1.29, 1.82) is 0 Å². The Bertz CT molecular complexity index is 202. The van der Waals surface area contributed by atoms with E-state index in [1.807, 2.05) is 0 Å². The molecule has 0 radical (unpaired) electrons. The highest BCUT2D eigenvalue weighted by Crippen LogP contribution is 2.32. The van der Waals surface area contributed by atoms with E-state index in [0.717, 1.165) is 0 Å². The summed E-state index contributed by atoms with van der Waals surface area (Å²) in [4.78, 5) is 0. The molecule has 0 nitrogen and oxygen atoms in total. The summed E-state index contributed by atoms with van der Waals surface area (Å²) >= 11 is 7.14. The molecule has 0 aromatic heterocycles. The summed E-state index contributed by atoms with van der Waals surface area (Å²) in [5, 5.41) is 0. The third-order valence-corrected chi connectivity index (χ3v) is 10.4. The Balaban J connectivity index is 3.84. The first-order valence-electron chi connectivity index (χ1n) is 10.4. The van der Waals surface area contributed by atoms with Crippen LogP contribution in [-0.2, 0) is 0 Å². The SMILES string of the molecule is CCCCCCCC[Si](Cl)(CCCC)CCCCCCCC. The van der Waals surface area contributed by atoms with Gasteiger partial charge in [-0.05, 0) is 18.1 Å². The van der Waals surface area contributed by atoms with E-state index in [0.29, 0.717) is 0 Å². The van der Waals surface area contributed by atoms with Gasteiger partial charge < -0.3 is 0 Å². The van der Waals surface area contributed by atoms with Crippen LogP contribution in [0.5, 0.6) is 0 Å². The zero-order valence-corrected chi connectivity index (χ0v) is 17.7. The van der Waals surface area contributed by atoms with Gasteiger partial charge in [0.05, 0.1) is 0 Å². The molecular weight excluding hydrogens is 304 g/mol. The summed E-state index contributed by atoms with van der Waals surface area (Å²) in [6.07, 6.45) is 19.6. The quantitative estimate of drug-likeness (QED) is 0.140. The highest BCUT2D eigenvalue weighted by Gasteiger charge is 2.28. The lowest BCUT2D eigenvalue weighted by atomic mass is 10.1. The molecule has 0 saturated carbocycles. The molecule has 0 rings (SSSR count). The molecule has 2 heteroatoms. The van der Waals surface area contributed by atoms with Crippen LogP contribution in [0, 0.1) is 0 Å². The average molecular weight is 347 g/mol. The maximum Gasteiger partial charge on any atom is 0.156 e. The second kappa shape index (κ2) is 16.4. The van der Waals surface area contributed by atoms with Crippen LogP contribution in [0.15, 0.2) is 0 Å². The molecule has 0 fully saturated rings. The Labute approximate surface area is 147 Å². The van der Waals surface area contributed by atoms with Crippen molar-refractivity contribution in [3.63, 3.8) is 0 Å². The van der Waals surface area contributed by atoms with Crippen LogP contribution in [0.2, 0.25) is 18.1 Å². The topological polar surface area (TPSA) is 0 Å². The second-order valence-electron chi connectivity index (χ2n) is 7.29. The van der Waals surface area contributed by atoms with Gasteiger partial charge in [-0.15, -0.1) is 0 Å². The van der Waals surface area contributed by atoms with E-state index < -0.39 is 7.38 Å². The second-order valence-corrected chi connectivity index (χ2v) is 13.5. The first kappa shape index (κ1) is 22.5. The number of hydrogen-bond donors (Lipinski definition) is 0. The minimum Gasteiger partial charge on any atom is -0.167 e. The maximum atomic E-state index is 7.14. The van der Waals surface area contributed by atoms with Crippen molar-refractivity contribution in [2.45, 2.75) is 129 Å². The molecule has 0 atom stereocenters. The molecule has 0 saturated heterocycles. The first-order chi connectivity index (χ1) is 10.7. The third kappa shape index (κ3) is 14.1. The van der Waals surface area contributed by atoms with Gasteiger partial charge >= 0.3 is 0 Å². The van der Waals surface area contributed by atoms with E-state index in [-0.39, 0.29) is 0 Å². The van der Waals surface area contributed by atoms with Crippen LogP contribution in [0.4, 0.5) is 0 Å². The highest BCUT2D eigenvalue weighted by molar-refractivity contribution is 7.20. The Morgan fingerprint density at radius 1 is 0.455 bits per heavy atom. The molecule has 0 aromatic carbocycles. The van der Waals surface area contributed by atoms with Crippen LogP contribution >= 0.6 is 11.1 Å². The maximum absolute atomic E-state index is 7.14. The fraction of sp³-hybridized carbons (Fsp3) is 1.00. The summed E-state index contributed by atoms with van der Waals surface area (Å²) in [6, 6.07) is 4.14. The van der Waals surface area contributed by atoms with E-state index in [1.54, 1.807) is 0 Å². The zero-order valence-electron chi connectivity index (χ0n) is 15.9. The van der Waals surface area contributed by atoms with E-state index in [4.69, 9.17) is 11.1 Å². The number of halogens is 1. The predicted octanol–water partition coefficient (Wildman–Crippen LogP) is 8.69. The van der Waals surface area contributed by atoms with Crippen LogP contribution in [0.1, 0.15) is 111 Å². The van der Waals surface area contributed by atoms with Crippen molar-refractivity contribution < 1.29 is 0 Å². The summed E-state index contributed by atoms with van der Waals surface area (Å²) in [7, 11) is -1.44. The molecule has 0 unspecified atom stereocenters. The smallest absolute Gasteiger partial charge is 0.156 e. The molecule has 0 aliphatic heterocycles. The normalized spacial score (nSPS) is 12.0. The number of hydrogen-bond acceptors (Lipinski definition) is 0. The van der Waals surface area contributed by atoms with Gasteiger partial charge in [0.15, 0.2) is 7.38 Å². The third-order valence-electron chi connectivity index (χ3n) is 4.94. The number of rotatable bonds is 17. The van der Waals surface area contributed by atoms with E-state index in [1.165, 1.54) is 108 Å². The Morgan fingerprint density at radius 2 is 0.773 bits per heavy atom. The molecule has 0 bridgehead atoms.